The second kappa shape index (κ2) is 6.87. The van der Waals surface area contributed by atoms with E-state index < -0.39 is 0 Å². The van der Waals surface area contributed by atoms with Crippen molar-refractivity contribution >= 4 is 15.9 Å². The predicted octanol–water partition coefficient (Wildman–Crippen LogP) is 3.88. The van der Waals surface area contributed by atoms with Crippen LogP contribution >= 0.6 is 15.9 Å². The molecule has 1 atom stereocenters. The third-order valence-corrected chi connectivity index (χ3v) is 5.23. The highest BCUT2D eigenvalue weighted by Crippen LogP contribution is 2.29. The molecular formula is C16H25BrN2. The molecule has 2 N–H and O–H groups in total. The Morgan fingerprint density at radius 2 is 2.05 bits per heavy atom. The van der Waals surface area contributed by atoms with Crippen molar-refractivity contribution in [1.29, 1.82) is 0 Å². The summed E-state index contributed by atoms with van der Waals surface area (Å²) in [7, 11) is 2.22. The van der Waals surface area contributed by atoms with Crippen LogP contribution in [0, 0.1) is 12.8 Å². The summed E-state index contributed by atoms with van der Waals surface area (Å²) in [5.74, 6) is 0.871. The molecule has 1 fully saturated rings. The summed E-state index contributed by atoms with van der Waals surface area (Å²) in [5.41, 5.74) is 8.63. The molecule has 19 heavy (non-hydrogen) atoms. The fourth-order valence-corrected chi connectivity index (χ4v) is 3.42. The van der Waals surface area contributed by atoms with Gasteiger partial charge in [0.1, 0.15) is 0 Å². The molecular weight excluding hydrogens is 300 g/mol. The standard InChI is InChI=1S/C16H25BrN2/c1-12-9-14(7-8-15(12)17)16(10-18)19(2)11-13-5-3-4-6-13/h7-9,13,16H,3-6,10-11,18H2,1-2H3. The van der Waals surface area contributed by atoms with Gasteiger partial charge in [-0.2, -0.15) is 0 Å². The molecule has 1 saturated carbocycles. The van der Waals surface area contributed by atoms with Gasteiger partial charge in [0.2, 0.25) is 0 Å². The predicted molar refractivity (Wildman–Crippen MR) is 85.3 cm³/mol. The first-order valence-corrected chi connectivity index (χ1v) is 8.07. The second-order valence-electron chi connectivity index (χ2n) is 5.85. The topological polar surface area (TPSA) is 29.3 Å². The van der Waals surface area contributed by atoms with E-state index in [0.29, 0.717) is 12.6 Å². The van der Waals surface area contributed by atoms with Gasteiger partial charge in [0.25, 0.3) is 0 Å². The molecule has 0 spiro atoms. The molecule has 0 aliphatic heterocycles. The van der Waals surface area contributed by atoms with Gasteiger partial charge in [-0.25, -0.2) is 0 Å². The molecule has 1 aliphatic rings. The van der Waals surface area contributed by atoms with Gasteiger partial charge in [-0.15, -0.1) is 0 Å². The van der Waals surface area contributed by atoms with E-state index in [1.165, 1.54) is 47.8 Å². The molecule has 1 aromatic carbocycles. The number of nitrogens with zero attached hydrogens (tertiary/aromatic N) is 1. The third-order valence-electron chi connectivity index (χ3n) is 4.34. The highest BCUT2D eigenvalue weighted by molar-refractivity contribution is 9.10. The minimum Gasteiger partial charge on any atom is -0.329 e. The van der Waals surface area contributed by atoms with Crippen molar-refractivity contribution in [3.05, 3.63) is 33.8 Å². The Morgan fingerprint density at radius 1 is 1.37 bits per heavy atom. The third kappa shape index (κ3) is 3.80. The number of aryl methyl sites for hydroxylation is 1. The SMILES string of the molecule is Cc1cc(C(CN)N(C)CC2CCCC2)ccc1Br. The molecule has 0 radical (unpaired) electrons. The lowest BCUT2D eigenvalue weighted by Crippen LogP contribution is -2.33. The van der Waals surface area contributed by atoms with Crippen molar-refractivity contribution in [2.45, 2.75) is 38.6 Å². The summed E-state index contributed by atoms with van der Waals surface area (Å²) in [4.78, 5) is 2.44. The number of benzene rings is 1. The molecule has 1 aliphatic carbocycles. The minimum atomic E-state index is 0.340. The van der Waals surface area contributed by atoms with Gasteiger partial charge < -0.3 is 5.73 Å². The lowest BCUT2D eigenvalue weighted by molar-refractivity contribution is 0.212. The fourth-order valence-electron chi connectivity index (χ4n) is 3.17. The van der Waals surface area contributed by atoms with Crippen LogP contribution in [0.5, 0.6) is 0 Å². The van der Waals surface area contributed by atoms with Crippen LogP contribution in [0.25, 0.3) is 0 Å². The van der Waals surface area contributed by atoms with Crippen molar-refractivity contribution in [2.24, 2.45) is 11.7 Å². The maximum Gasteiger partial charge on any atom is 0.0467 e. The lowest BCUT2D eigenvalue weighted by Gasteiger charge is -2.30. The Labute approximate surface area is 125 Å². The van der Waals surface area contributed by atoms with E-state index in [9.17, 15) is 0 Å². The van der Waals surface area contributed by atoms with Gasteiger partial charge >= 0.3 is 0 Å². The summed E-state index contributed by atoms with van der Waals surface area (Å²) in [5, 5.41) is 0. The van der Waals surface area contributed by atoms with Crippen LogP contribution in [0.4, 0.5) is 0 Å². The van der Waals surface area contributed by atoms with E-state index in [0.717, 1.165) is 5.92 Å². The maximum atomic E-state index is 6.01. The highest BCUT2D eigenvalue weighted by Gasteiger charge is 2.22. The Morgan fingerprint density at radius 3 is 2.63 bits per heavy atom. The quantitative estimate of drug-likeness (QED) is 0.890. The van der Waals surface area contributed by atoms with Crippen LogP contribution in [0.15, 0.2) is 22.7 Å². The van der Waals surface area contributed by atoms with Crippen LogP contribution in [-0.2, 0) is 0 Å². The first kappa shape index (κ1) is 15.0. The Kier molecular flexibility index (Phi) is 5.43. The summed E-state index contributed by atoms with van der Waals surface area (Å²) >= 11 is 3.56. The molecule has 1 aromatic rings. The van der Waals surface area contributed by atoms with E-state index in [1.807, 2.05) is 0 Å². The minimum absolute atomic E-state index is 0.340. The van der Waals surface area contributed by atoms with Crippen molar-refractivity contribution in [1.82, 2.24) is 4.90 Å². The molecule has 2 rings (SSSR count). The molecule has 0 saturated heterocycles. The van der Waals surface area contributed by atoms with E-state index in [1.54, 1.807) is 0 Å². The summed E-state index contributed by atoms with van der Waals surface area (Å²) in [6.07, 6.45) is 5.59. The fraction of sp³-hybridized carbons (Fsp3) is 0.625. The normalized spacial score (nSPS) is 18.2. The molecule has 0 heterocycles. The first-order valence-electron chi connectivity index (χ1n) is 7.28. The number of hydrogen-bond donors (Lipinski definition) is 1. The van der Waals surface area contributed by atoms with Crippen molar-refractivity contribution in [3.63, 3.8) is 0 Å². The van der Waals surface area contributed by atoms with E-state index >= 15 is 0 Å². The zero-order chi connectivity index (χ0) is 13.8. The van der Waals surface area contributed by atoms with Crippen molar-refractivity contribution < 1.29 is 0 Å². The van der Waals surface area contributed by atoms with E-state index in [4.69, 9.17) is 5.73 Å². The Balaban J connectivity index is 2.06. The molecule has 0 amide bonds. The number of rotatable bonds is 5. The van der Waals surface area contributed by atoms with Crippen LogP contribution in [0.3, 0.4) is 0 Å². The molecule has 1 unspecified atom stereocenters. The lowest BCUT2D eigenvalue weighted by atomic mass is 10.0. The molecule has 106 valence electrons. The van der Waals surface area contributed by atoms with Gasteiger partial charge in [0, 0.05) is 23.6 Å². The van der Waals surface area contributed by atoms with E-state index in [2.05, 4.69) is 53.0 Å². The van der Waals surface area contributed by atoms with E-state index in [-0.39, 0.29) is 0 Å². The smallest absolute Gasteiger partial charge is 0.0467 e. The zero-order valence-corrected chi connectivity index (χ0v) is 13.6. The molecule has 2 nitrogen and oxygen atoms in total. The summed E-state index contributed by atoms with van der Waals surface area (Å²) in [6.45, 7) is 4.00. The maximum absolute atomic E-state index is 6.01. The van der Waals surface area contributed by atoms with Gasteiger partial charge in [0.05, 0.1) is 0 Å². The highest BCUT2D eigenvalue weighted by atomic mass is 79.9. The molecule has 0 bridgehead atoms. The average Bonchev–Trinajstić information content (AvgIpc) is 2.87. The average molecular weight is 325 g/mol. The van der Waals surface area contributed by atoms with Crippen molar-refractivity contribution in [3.8, 4) is 0 Å². The zero-order valence-electron chi connectivity index (χ0n) is 12.0. The van der Waals surface area contributed by atoms with Crippen LogP contribution in [0.1, 0.15) is 42.9 Å². The monoisotopic (exact) mass is 324 g/mol. The van der Waals surface area contributed by atoms with Crippen LogP contribution < -0.4 is 5.73 Å². The first-order chi connectivity index (χ1) is 9.11. The summed E-state index contributed by atoms with van der Waals surface area (Å²) < 4.78 is 1.17. The Hall–Kier alpha value is -0.380. The largest absolute Gasteiger partial charge is 0.329 e. The number of hydrogen-bond acceptors (Lipinski definition) is 2. The molecule has 0 aromatic heterocycles. The number of halogens is 1. The van der Waals surface area contributed by atoms with Crippen molar-refractivity contribution in [2.75, 3.05) is 20.1 Å². The van der Waals surface area contributed by atoms with Gasteiger partial charge in [-0.1, -0.05) is 40.9 Å². The Bertz CT molecular complexity index is 413. The summed E-state index contributed by atoms with van der Waals surface area (Å²) in [6, 6.07) is 6.93. The number of likely N-dealkylation sites (N-methyl/N-ethyl adjacent to an activating group) is 1. The molecule has 3 heteroatoms. The number of nitrogens with two attached hydrogens (primary N) is 1. The van der Waals surface area contributed by atoms with Gasteiger partial charge in [0.15, 0.2) is 0 Å². The van der Waals surface area contributed by atoms with Crippen LogP contribution in [0.2, 0.25) is 0 Å². The van der Waals surface area contributed by atoms with Gasteiger partial charge in [-0.05, 0) is 49.9 Å². The van der Waals surface area contributed by atoms with Crippen LogP contribution in [-0.4, -0.2) is 25.0 Å². The van der Waals surface area contributed by atoms with Gasteiger partial charge in [-0.3, -0.25) is 4.90 Å². The second-order valence-corrected chi connectivity index (χ2v) is 6.70.